The molecule has 0 spiro atoms. The van der Waals surface area contributed by atoms with E-state index in [-0.39, 0.29) is 36.8 Å². The number of hydrogen-bond donors (Lipinski definition) is 3. The van der Waals surface area contributed by atoms with Crippen LogP contribution < -0.4 is 10.2 Å². The summed E-state index contributed by atoms with van der Waals surface area (Å²) in [4.78, 5) is 26.2. The molecule has 1 aliphatic carbocycles. The summed E-state index contributed by atoms with van der Waals surface area (Å²) in [5, 5.41) is 22.5. The van der Waals surface area contributed by atoms with Gasteiger partial charge in [0.25, 0.3) is 0 Å². The van der Waals surface area contributed by atoms with Crippen LogP contribution in [0.3, 0.4) is 0 Å². The average molecular weight is 353 g/mol. The maximum atomic E-state index is 12.4. The van der Waals surface area contributed by atoms with Crippen LogP contribution in [0.5, 0.6) is 0 Å². The molecule has 0 radical (unpaired) electrons. The standard InChI is InChI=1S/C17H21ClN2O4/c18-12-1-3-14(4-2-12)20-8-10(6-16(20)23)17(24)19-13-5-11(9-21)15(22)7-13/h1-4,10-11,13,15,21-22H,5-9H2,(H,19,24)/t10-,11+,13-,15+/m0/s1. The highest BCUT2D eigenvalue weighted by Gasteiger charge is 2.38. The topological polar surface area (TPSA) is 89.9 Å². The number of rotatable bonds is 4. The van der Waals surface area contributed by atoms with Crippen LogP contribution in [0.4, 0.5) is 5.69 Å². The lowest BCUT2D eigenvalue weighted by Gasteiger charge is -2.18. The van der Waals surface area contributed by atoms with Gasteiger partial charge in [0.1, 0.15) is 0 Å². The van der Waals surface area contributed by atoms with Crippen molar-refractivity contribution in [2.45, 2.75) is 31.4 Å². The Bertz CT molecular complexity index is 622. The predicted octanol–water partition coefficient (Wildman–Crippen LogP) is 0.941. The van der Waals surface area contributed by atoms with Crippen molar-refractivity contribution in [3.8, 4) is 0 Å². The van der Waals surface area contributed by atoms with E-state index in [4.69, 9.17) is 11.6 Å². The van der Waals surface area contributed by atoms with Crippen LogP contribution in [-0.4, -0.2) is 47.3 Å². The smallest absolute Gasteiger partial charge is 0.227 e. The van der Waals surface area contributed by atoms with Gasteiger partial charge in [-0.15, -0.1) is 0 Å². The molecule has 0 aromatic heterocycles. The van der Waals surface area contributed by atoms with Gasteiger partial charge in [0.2, 0.25) is 11.8 Å². The van der Waals surface area contributed by atoms with Crippen LogP contribution in [0.25, 0.3) is 0 Å². The van der Waals surface area contributed by atoms with Crippen LogP contribution >= 0.6 is 11.6 Å². The summed E-state index contributed by atoms with van der Waals surface area (Å²) >= 11 is 5.86. The van der Waals surface area contributed by atoms with Gasteiger partial charge in [0.15, 0.2) is 0 Å². The van der Waals surface area contributed by atoms with E-state index in [1.54, 1.807) is 29.2 Å². The van der Waals surface area contributed by atoms with Crippen molar-refractivity contribution >= 4 is 29.1 Å². The Morgan fingerprint density at radius 2 is 2.00 bits per heavy atom. The number of carbonyl (C=O) groups is 2. The lowest BCUT2D eigenvalue weighted by atomic mass is 10.1. The molecule has 4 atom stereocenters. The third-order valence-corrected chi connectivity index (χ3v) is 5.12. The summed E-state index contributed by atoms with van der Waals surface area (Å²) in [7, 11) is 0. The van der Waals surface area contributed by atoms with Gasteiger partial charge < -0.3 is 20.4 Å². The number of halogens is 1. The van der Waals surface area contributed by atoms with Crippen LogP contribution in [0.2, 0.25) is 5.02 Å². The van der Waals surface area contributed by atoms with Crippen LogP contribution in [0.1, 0.15) is 19.3 Å². The molecule has 2 amide bonds. The molecular weight excluding hydrogens is 332 g/mol. The Hall–Kier alpha value is -1.63. The second-order valence-corrected chi connectivity index (χ2v) is 7.01. The van der Waals surface area contributed by atoms with Crippen molar-refractivity contribution in [1.29, 1.82) is 0 Å². The molecule has 1 saturated heterocycles. The highest BCUT2D eigenvalue weighted by Crippen LogP contribution is 2.29. The van der Waals surface area contributed by atoms with E-state index < -0.39 is 12.0 Å². The monoisotopic (exact) mass is 352 g/mol. The summed E-state index contributed by atoms with van der Waals surface area (Å²) in [6.07, 6.45) is 0.590. The first-order valence-corrected chi connectivity index (χ1v) is 8.51. The molecular formula is C17H21ClN2O4. The van der Waals surface area contributed by atoms with E-state index in [1.165, 1.54) is 0 Å². The number of carbonyl (C=O) groups excluding carboxylic acids is 2. The third-order valence-electron chi connectivity index (χ3n) is 4.87. The Morgan fingerprint density at radius 3 is 2.62 bits per heavy atom. The minimum atomic E-state index is -0.587. The Labute approximate surface area is 145 Å². The van der Waals surface area contributed by atoms with E-state index in [2.05, 4.69) is 5.32 Å². The molecule has 7 heteroatoms. The van der Waals surface area contributed by atoms with Gasteiger partial charge in [0.05, 0.1) is 12.0 Å². The number of nitrogens with zero attached hydrogens (tertiary/aromatic N) is 1. The lowest BCUT2D eigenvalue weighted by molar-refractivity contribution is -0.126. The molecule has 0 bridgehead atoms. The number of hydrogen-bond acceptors (Lipinski definition) is 4. The molecule has 1 aromatic carbocycles. The molecule has 24 heavy (non-hydrogen) atoms. The summed E-state index contributed by atoms with van der Waals surface area (Å²) in [6, 6.07) is 6.81. The van der Waals surface area contributed by atoms with Gasteiger partial charge in [-0.3, -0.25) is 9.59 Å². The van der Waals surface area contributed by atoms with Crippen molar-refractivity contribution in [2.24, 2.45) is 11.8 Å². The lowest BCUT2D eigenvalue weighted by Crippen LogP contribution is -2.39. The highest BCUT2D eigenvalue weighted by molar-refractivity contribution is 6.30. The second-order valence-electron chi connectivity index (χ2n) is 6.57. The number of amides is 2. The zero-order chi connectivity index (χ0) is 17.3. The second kappa shape index (κ2) is 7.09. The summed E-state index contributed by atoms with van der Waals surface area (Å²) in [5.74, 6) is -0.850. The van der Waals surface area contributed by atoms with Crippen molar-refractivity contribution in [1.82, 2.24) is 5.32 Å². The Balaban J connectivity index is 1.59. The van der Waals surface area contributed by atoms with Crippen molar-refractivity contribution in [3.05, 3.63) is 29.3 Å². The Kier molecular flexibility index (Phi) is 5.08. The van der Waals surface area contributed by atoms with E-state index >= 15 is 0 Å². The SMILES string of the molecule is O=C(N[C@H]1C[C@H](CO)[C@H](O)C1)[C@H]1CC(=O)N(c2ccc(Cl)cc2)C1. The minimum Gasteiger partial charge on any atom is -0.396 e. The number of benzene rings is 1. The Morgan fingerprint density at radius 1 is 1.29 bits per heavy atom. The van der Waals surface area contributed by atoms with Gasteiger partial charge >= 0.3 is 0 Å². The number of aliphatic hydroxyl groups is 2. The molecule has 3 rings (SSSR count). The van der Waals surface area contributed by atoms with Gasteiger partial charge in [-0.05, 0) is 37.1 Å². The van der Waals surface area contributed by atoms with Crippen molar-refractivity contribution in [3.63, 3.8) is 0 Å². The first kappa shape index (κ1) is 17.2. The van der Waals surface area contributed by atoms with Crippen LogP contribution in [0.15, 0.2) is 24.3 Å². The largest absolute Gasteiger partial charge is 0.396 e. The van der Waals surface area contributed by atoms with Gasteiger partial charge in [-0.1, -0.05) is 11.6 Å². The summed E-state index contributed by atoms with van der Waals surface area (Å²) in [6.45, 7) is 0.255. The predicted molar refractivity (Wildman–Crippen MR) is 89.7 cm³/mol. The molecule has 2 aliphatic rings. The zero-order valence-corrected chi connectivity index (χ0v) is 13.9. The molecule has 130 valence electrons. The molecule has 1 saturated carbocycles. The summed E-state index contributed by atoms with van der Waals surface area (Å²) in [5.41, 5.74) is 0.733. The van der Waals surface area contributed by atoms with E-state index in [1.807, 2.05) is 0 Å². The molecule has 3 N–H and O–H groups in total. The fourth-order valence-electron chi connectivity index (χ4n) is 3.49. The van der Waals surface area contributed by atoms with Crippen molar-refractivity contribution < 1.29 is 19.8 Å². The first-order chi connectivity index (χ1) is 11.5. The fourth-order valence-corrected chi connectivity index (χ4v) is 3.62. The average Bonchev–Trinajstić information content (AvgIpc) is 3.11. The number of aliphatic hydroxyl groups excluding tert-OH is 2. The summed E-state index contributed by atoms with van der Waals surface area (Å²) < 4.78 is 0. The number of nitrogens with one attached hydrogen (secondary N) is 1. The first-order valence-electron chi connectivity index (χ1n) is 8.13. The van der Waals surface area contributed by atoms with Crippen molar-refractivity contribution in [2.75, 3.05) is 18.1 Å². The van der Waals surface area contributed by atoms with Crippen LogP contribution in [0, 0.1) is 11.8 Å². The molecule has 1 aromatic rings. The maximum Gasteiger partial charge on any atom is 0.227 e. The van der Waals surface area contributed by atoms with Gasteiger partial charge in [-0.2, -0.15) is 0 Å². The quantitative estimate of drug-likeness (QED) is 0.752. The third kappa shape index (κ3) is 3.55. The maximum absolute atomic E-state index is 12.4. The molecule has 6 nitrogen and oxygen atoms in total. The fraction of sp³-hybridized carbons (Fsp3) is 0.529. The van der Waals surface area contributed by atoms with E-state index in [9.17, 15) is 19.8 Å². The van der Waals surface area contributed by atoms with Gasteiger partial charge in [-0.25, -0.2) is 0 Å². The van der Waals surface area contributed by atoms with Gasteiger partial charge in [0, 0.05) is 42.2 Å². The van der Waals surface area contributed by atoms with E-state index in [0.717, 1.165) is 5.69 Å². The molecule has 2 fully saturated rings. The highest BCUT2D eigenvalue weighted by atomic mass is 35.5. The molecule has 0 unspecified atom stereocenters. The zero-order valence-electron chi connectivity index (χ0n) is 13.2. The minimum absolute atomic E-state index is 0.0835. The normalized spacial score (nSPS) is 30.0. The molecule has 1 heterocycles. The molecule has 1 aliphatic heterocycles. The number of anilines is 1. The van der Waals surface area contributed by atoms with Crippen LogP contribution in [-0.2, 0) is 9.59 Å². The van der Waals surface area contributed by atoms with E-state index in [0.29, 0.717) is 24.4 Å².